The van der Waals surface area contributed by atoms with Crippen molar-refractivity contribution in [2.24, 2.45) is 0 Å². The van der Waals surface area contributed by atoms with E-state index in [-0.39, 0.29) is 16.8 Å². The van der Waals surface area contributed by atoms with Crippen LogP contribution in [-0.2, 0) is 27.9 Å². The van der Waals surface area contributed by atoms with E-state index in [1.807, 2.05) is 29.2 Å². The number of nitrogens with one attached hydrogen (secondary N) is 1. The lowest BCUT2D eigenvalue weighted by Crippen LogP contribution is -2.27. The SMILES string of the molecule is O=C(/C=C/c1ccc(S(=O)(=O)NC2CC2)cc1)N1Cc2ccccc2-c2ccccc2C1. The Labute approximate surface area is 188 Å². The first-order valence-corrected chi connectivity index (χ1v) is 12.2. The summed E-state index contributed by atoms with van der Waals surface area (Å²) in [6, 6.07) is 23.0. The summed E-state index contributed by atoms with van der Waals surface area (Å²) in [5, 5.41) is 0. The van der Waals surface area contributed by atoms with Crippen molar-refractivity contribution in [3.8, 4) is 11.1 Å². The third kappa shape index (κ3) is 4.38. The zero-order valence-corrected chi connectivity index (χ0v) is 18.4. The molecule has 0 radical (unpaired) electrons. The predicted octanol–water partition coefficient (Wildman–Crippen LogP) is 4.35. The van der Waals surface area contributed by atoms with Crippen molar-refractivity contribution in [1.82, 2.24) is 9.62 Å². The first-order valence-electron chi connectivity index (χ1n) is 10.8. The lowest BCUT2D eigenvalue weighted by atomic mass is 9.97. The van der Waals surface area contributed by atoms with Crippen molar-refractivity contribution >= 4 is 22.0 Å². The van der Waals surface area contributed by atoms with Gasteiger partial charge in [-0.3, -0.25) is 4.79 Å². The molecule has 32 heavy (non-hydrogen) atoms. The third-order valence-electron chi connectivity index (χ3n) is 5.87. The average molecular weight is 445 g/mol. The van der Waals surface area contributed by atoms with Crippen LogP contribution in [0.3, 0.4) is 0 Å². The van der Waals surface area contributed by atoms with Crippen LogP contribution in [0, 0.1) is 0 Å². The lowest BCUT2D eigenvalue weighted by molar-refractivity contribution is -0.127. The first kappa shape index (κ1) is 20.7. The monoisotopic (exact) mass is 444 g/mol. The van der Waals surface area contributed by atoms with Crippen molar-refractivity contribution < 1.29 is 13.2 Å². The van der Waals surface area contributed by atoms with Gasteiger partial charge in [0.15, 0.2) is 0 Å². The van der Waals surface area contributed by atoms with Gasteiger partial charge in [-0.1, -0.05) is 60.7 Å². The molecule has 1 aliphatic carbocycles. The van der Waals surface area contributed by atoms with E-state index in [0.29, 0.717) is 13.1 Å². The van der Waals surface area contributed by atoms with Gasteiger partial charge in [0.05, 0.1) is 4.90 Å². The first-order chi connectivity index (χ1) is 15.5. The molecule has 0 spiro atoms. The van der Waals surface area contributed by atoms with Gasteiger partial charge in [-0.2, -0.15) is 0 Å². The van der Waals surface area contributed by atoms with E-state index >= 15 is 0 Å². The van der Waals surface area contributed by atoms with Gasteiger partial charge in [-0.15, -0.1) is 0 Å². The van der Waals surface area contributed by atoms with Gasteiger partial charge in [0.25, 0.3) is 0 Å². The minimum atomic E-state index is -3.47. The van der Waals surface area contributed by atoms with Crippen molar-refractivity contribution in [3.05, 3.63) is 95.6 Å². The van der Waals surface area contributed by atoms with Crippen molar-refractivity contribution in [3.63, 3.8) is 0 Å². The summed E-state index contributed by atoms with van der Waals surface area (Å²) >= 11 is 0. The largest absolute Gasteiger partial charge is 0.330 e. The van der Waals surface area contributed by atoms with E-state index in [9.17, 15) is 13.2 Å². The molecule has 0 aromatic heterocycles. The maximum atomic E-state index is 13.0. The molecular formula is C26H24N2O3S. The van der Waals surface area contributed by atoms with Gasteiger partial charge < -0.3 is 4.90 Å². The molecule has 1 amide bonds. The molecule has 6 heteroatoms. The number of sulfonamides is 1. The molecule has 3 aromatic rings. The van der Waals surface area contributed by atoms with Crippen molar-refractivity contribution in [1.29, 1.82) is 0 Å². The van der Waals surface area contributed by atoms with Crippen LogP contribution in [0.5, 0.6) is 0 Å². The van der Waals surface area contributed by atoms with Gasteiger partial charge in [0.1, 0.15) is 0 Å². The molecule has 1 saturated carbocycles. The molecule has 0 saturated heterocycles. The second-order valence-electron chi connectivity index (χ2n) is 8.31. The molecule has 2 aliphatic rings. The van der Waals surface area contributed by atoms with E-state index in [2.05, 4.69) is 29.0 Å². The van der Waals surface area contributed by atoms with E-state index in [4.69, 9.17) is 0 Å². The van der Waals surface area contributed by atoms with Crippen LogP contribution in [0.1, 0.15) is 29.5 Å². The van der Waals surface area contributed by atoms with E-state index < -0.39 is 10.0 Å². The minimum absolute atomic E-state index is 0.0704. The summed E-state index contributed by atoms with van der Waals surface area (Å²) in [6.07, 6.45) is 5.08. The van der Waals surface area contributed by atoms with E-state index in [1.165, 1.54) is 11.1 Å². The summed E-state index contributed by atoms with van der Waals surface area (Å²) in [4.78, 5) is 15.1. The molecular weight excluding hydrogens is 420 g/mol. The van der Waals surface area contributed by atoms with Crippen LogP contribution in [0.4, 0.5) is 0 Å². The number of hydrogen-bond acceptors (Lipinski definition) is 3. The summed E-state index contributed by atoms with van der Waals surface area (Å²) in [5.41, 5.74) is 5.35. The second-order valence-corrected chi connectivity index (χ2v) is 10.0. The number of rotatable bonds is 5. The molecule has 0 bridgehead atoms. The number of amides is 1. The fourth-order valence-corrected chi connectivity index (χ4v) is 5.29. The number of benzene rings is 3. The Balaban J connectivity index is 1.34. The Morgan fingerprint density at radius 1 is 0.844 bits per heavy atom. The van der Waals surface area contributed by atoms with E-state index in [1.54, 1.807) is 36.4 Å². The van der Waals surface area contributed by atoms with Crippen LogP contribution in [0.15, 0.2) is 83.8 Å². The highest BCUT2D eigenvalue weighted by Crippen LogP contribution is 2.32. The van der Waals surface area contributed by atoms with Crippen molar-refractivity contribution in [2.75, 3.05) is 0 Å². The molecule has 1 heterocycles. The zero-order chi connectivity index (χ0) is 22.1. The summed E-state index contributed by atoms with van der Waals surface area (Å²) < 4.78 is 27.3. The zero-order valence-electron chi connectivity index (χ0n) is 17.6. The highest BCUT2D eigenvalue weighted by atomic mass is 32.2. The summed E-state index contributed by atoms with van der Waals surface area (Å²) in [7, 11) is -3.47. The Morgan fingerprint density at radius 2 is 1.41 bits per heavy atom. The Hall–Kier alpha value is -3.22. The van der Waals surface area contributed by atoms with Gasteiger partial charge >= 0.3 is 0 Å². The fraction of sp³-hybridized carbons (Fsp3) is 0.192. The predicted molar refractivity (Wildman–Crippen MR) is 125 cm³/mol. The average Bonchev–Trinajstić information content (AvgIpc) is 3.63. The Kier molecular flexibility index (Phi) is 5.41. The minimum Gasteiger partial charge on any atom is -0.330 e. The third-order valence-corrected chi connectivity index (χ3v) is 7.40. The Morgan fingerprint density at radius 3 is 1.97 bits per heavy atom. The Bertz CT molecular complexity index is 1250. The molecule has 1 fully saturated rings. The second kappa shape index (κ2) is 8.37. The smallest absolute Gasteiger partial charge is 0.247 e. The number of hydrogen-bond donors (Lipinski definition) is 1. The number of nitrogens with zero attached hydrogens (tertiary/aromatic N) is 1. The van der Waals surface area contributed by atoms with Gasteiger partial charge in [-0.05, 0) is 58.9 Å². The van der Waals surface area contributed by atoms with Crippen LogP contribution < -0.4 is 4.72 Å². The van der Waals surface area contributed by atoms with E-state index in [0.717, 1.165) is 29.5 Å². The lowest BCUT2D eigenvalue weighted by Gasteiger charge is -2.19. The quantitative estimate of drug-likeness (QED) is 0.595. The molecule has 0 unspecified atom stereocenters. The van der Waals surface area contributed by atoms with Gasteiger partial charge in [0.2, 0.25) is 15.9 Å². The summed E-state index contributed by atoms with van der Waals surface area (Å²) in [5.74, 6) is -0.0800. The van der Waals surface area contributed by atoms with Crippen molar-refractivity contribution in [2.45, 2.75) is 36.9 Å². The molecule has 3 aromatic carbocycles. The normalized spacial score (nSPS) is 15.8. The van der Waals surface area contributed by atoms with Gasteiger partial charge in [0, 0.05) is 25.2 Å². The van der Waals surface area contributed by atoms with Crippen LogP contribution in [0.25, 0.3) is 17.2 Å². The molecule has 0 atom stereocenters. The molecule has 1 aliphatic heterocycles. The highest BCUT2D eigenvalue weighted by molar-refractivity contribution is 7.89. The van der Waals surface area contributed by atoms with Crippen LogP contribution in [0.2, 0.25) is 0 Å². The maximum Gasteiger partial charge on any atom is 0.247 e. The number of fused-ring (bicyclic) bond motifs is 3. The number of carbonyl (C=O) groups is 1. The molecule has 1 N–H and O–H groups in total. The molecule has 5 nitrogen and oxygen atoms in total. The fourth-order valence-electron chi connectivity index (χ4n) is 3.98. The van der Waals surface area contributed by atoms with Crippen LogP contribution >= 0.6 is 0 Å². The molecule has 5 rings (SSSR count). The molecule has 162 valence electrons. The van der Waals surface area contributed by atoms with Crippen LogP contribution in [-0.4, -0.2) is 25.3 Å². The van der Waals surface area contributed by atoms with Gasteiger partial charge in [-0.25, -0.2) is 13.1 Å². The highest BCUT2D eigenvalue weighted by Gasteiger charge is 2.27. The topological polar surface area (TPSA) is 66.5 Å². The standard InChI is InChI=1S/C26H24N2O3S/c29-26(16-11-19-9-14-23(15-10-19)32(30,31)27-22-12-13-22)28-17-20-5-1-3-7-24(20)25-8-4-2-6-21(25)18-28/h1-11,14-16,22,27H,12-13,17-18H2/b16-11+. The maximum absolute atomic E-state index is 13.0. The summed E-state index contributed by atoms with van der Waals surface area (Å²) in [6.45, 7) is 1.08. The number of carbonyl (C=O) groups excluding carboxylic acids is 1.